The molecule has 156 valence electrons. The van der Waals surface area contributed by atoms with Crippen molar-refractivity contribution in [2.45, 2.75) is 129 Å². The summed E-state index contributed by atoms with van der Waals surface area (Å²) in [7, 11) is 3.71. The van der Waals surface area contributed by atoms with Gasteiger partial charge in [-0.2, -0.15) is 0 Å². The summed E-state index contributed by atoms with van der Waals surface area (Å²) in [6.07, 6.45) is 24.0. The lowest BCUT2D eigenvalue weighted by Crippen LogP contribution is -2.35. The number of hydrogen-bond donors (Lipinski definition) is 1. The molecule has 0 aromatic heterocycles. The fourth-order valence-electron chi connectivity index (χ4n) is 3.67. The van der Waals surface area contributed by atoms with E-state index in [1.165, 1.54) is 103 Å². The summed E-state index contributed by atoms with van der Waals surface area (Å²) in [5.74, 6) is -0.688. The van der Waals surface area contributed by atoms with Gasteiger partial charge in [0.25, 0.3) is 0 Å². The van der Waals surface area contributed by atoms with E-state index in [-0.39, 0.29) is 6.04 Å². The third-order valence-electron chi connectivity index (χ3n) is 5.49. The largest absolute Gasteiger partial charge is 0.480 e. The van der Waals surface area contributed by atoms with E-state index >= 15 is 0 Å². The molecule has 0 aromatic rings. The Hall–Kier alpha value is -0.570. The van der Waals surface area contributed by atoms with Crippen LogP contribution in [0.15, 0.2) is 0 Å². The molecule has 1 unspecified atom stereocenters. The maximum absolute atomic E-state index is 11.1. The molecule has 0 saturated carbocycles. The van der Waals surface area contributed by atoms with Crippen molar-refractivity contribution >= 4 is 5.97 Å². The van der Waals surface area contributed by atoms with Gasteiger partial charge in [0.05, 0.1) is 0 Å². The highest BCUT2D eigenvalue weighted by atomic mass is 16.4. The average molecular weight is 370 g/mol. The average Bonchev–Trinajstić information content (AvgIpc) is 2.60. The number of carbonyl (C=O) groups is 1. The van der Waals surface area contributed by atoms with E-state index in [9.17, 15) is 4.79 Å². The molecule has 0 aliphatic rings. The molecule has 0 heterocycles. The highest BCUT2D eigenvalue weighted by molar-refractivity contribution is 5.73. The summed E-state index contributed by atoms with van der Waals surface area (Å²) >= 11 is 0. The molecule has 3 heteroatoms. The molecule has 0 amide bonds. The minimum atomic E-state index is -0.688. The van der Waals surface area contributed by atoms with Gasteiger partial charge in [-0.15, -0.1) is 0 Å². The number of nitrogens with zero attached hydrogens (tertiary/aromatic N) is 1. The van der Waals surface area contributed by atoms with Gasteiger partial charge in [0.1, 0.15) is 6.04 Å². The molecule has 0 bridgehead atoms. The Morgan fingerprint density at radius 3 is 1.23 bits per heavy atom. The van der Waals surface area contributed by atoms with Crippen molar-refractivity contribution < 1.29 is 9.90 Å². The van der Waals surface area contributed by atoms with Gasteiger partial charge in [0.15, 0.2) is 0 Å². The summed E-state index contributed by atoms with van der Waals surface area (Å²) < 4.78 is 0. The van der Waals surface area contributed by atoms with Crippen molar-refractivity contribution in [3.05, 3.63) is 0 Å². The number of rotatable bonds is 20. The molecular formula is C23H47NO2. The maximum Gasteiger partial charge on any atom is 0.320 e. The first-order chi connectivity index (χ1) is 12.6. The Bertz CT molecular complexity index is 305. The number of likely N-dealkylation sites (N-methyl/N-ethyl adjacent to an activating group) is 1. The van der Waals surface area contributed by atoms with Crippen molar-refractivity contribution in [1.29, 1.82) is 0 Å². The predicted molar refractivity (Wildman–Crippen MR) is 114 cm³/mol. The number of carboxylic acids is 1. The minimum absolute atomic E-state index is 0.314. The van der Waals surface area contributed by atoms with Crippen LogP contribution < -0.4 is 0 Å². The first kappa shape index (κ1) is 25.4. The Balaban J connectivity index is 3.19. The molecule has 0 aromatic carbocycles. The number of unbranched alkanes of at least 4 members (excludes halogenated alkanes) is 16. The molecule has 3 nitrogen and oxygen atoms in total. The fraction of sp³-hybridized carbons (Fsp3) is 0.957. The Labute approximate surface area is 163 Å². The molecule has 26 heavy (non-hydrogen) atoms. The van der Waals surface area contributed by atoms with Crippen LogP contribution in [0, 0.1) is 0 Å². The van der Waals surface area contributed by atoms with Crippen LogP contribution >= 0.6 is 0 Å². The molecule has 0 spiro atoms. The second kappa shape index (κ2) is 19.2. The Morgan fingerprint density at radius 1 is 0.654 bits per heavy atom. The van der Waals surface area contributed by atoms with Crippen LogP contribution in [0.25, 0.3) is 0 Å². The zero-order valence-electron chi connectivity index (χ0n) is 18.1. The van der Waals surface area contributed by atoms with Gasteiger partial charge in [-0.1, -0.05) is 116 Å². The molecule has 0 fully saturated rings. The van der Waals surface area contributed by atoms with Crippen molar-refractivity contribution in [3.8, 4) is 0 Å². The van der Waals surface area contributed by atoms with Crippen molar-refractivity contribution in [2.75, 3.05) is 14.1 Å². The van der Waals surface area contributed by atoms with E-state index < -0.39 is 5.97 Å². The van der Waals surface area contributed by atoms with E-state index in [0.29, 0.717) is 0 Å². The lowest BCUT2D eigenvalue weighted by Gasteiger charge is -2.19. The predicted octanol–water partition coefficient (Wildman–Crippen LogP) is 7.04. The number of hydrogen-bond acceptors (Lipinski definition) is 2. The lowest BCUT2D eigenvalue weighted by molar-refractivity contribution is -0.142. The molecule has 1 N–H and O–H groups in total. The van der Waals surface area contributed by atoms with Crippen LogP contribution in [-0.4, -0.2) is 36.1 Å². The molecule has 0 aliphatic heterocycles. The van der Waals surface area contributed by atoms with E-state index in [4.69, 9.17) is 5.11 Å². The summed E-state index contributed by atoms with van der Waals surface area (Å²) in [4.78, 5) is 12.9. The van der Waals surface area contributed by atoms with Crippen LogP contribution in [0.3, 0.4) is 0 Å². The first-order valence-electron chi connectivity index (χ1n) is 11.5. The van der Waals surface area contributed by atoms with Crippen LogP contribution in [-0.2, 0) is 4.79 Å². The van der Waals surface area contributed by atoms with Crippen molar-refractivity contribution in [1.82, 2.24) is 4.90 Å². The molecule has 1 atom stereocenters. The topological polar surface area (TPSA) is 40.5 Å². The van der Waals surface area contributed by atoms with Crippen LogP contribution in [0.5, 0.6) is 0 Å². The van der Waals surface area contributed by atoms with Gasteiger partial charge >= 0.3 is 5.97 Å². The third kappa shape index (κ3) is 16.9. The van der Waals surface area contributed by atoms with Gasteiger partial charge in [0.2, 0.25) is 0 Å². The number of carboxylic acid groups (broad SMARTS) is 1. The molecule has 0 aliphatic carbocycles. The zero-order chi connectivity index (χ0) is 19.5. The van der Waals surface area contributed by atoms with E-state index in [2.05, 4.69) is 6.92 Å². The van der Waals surface area contributed by atoms with Gasteiger partial charge in [0, 0.05) is 0 Å². The molecule has 0 saturated heterocycles. The molecule has 0 rings (SSSR count). The smallest absolute Gasteiger partial charge is 0.320 e. The van der Waals surface area contributed by atoms with Crippen molar-refractivity contribution in [3.63, 3.8) is 0 Å². The summed E-state index contributed by atoms with van der Waals surface area (Å²) in [5.41, 5.74) is 0. The van der Waals surface area contributed by atoms with Gasteiger partial charge in [-0.25, -0.2) is 0 Å². The molecular weight excluding hydrogens is 322 g/mol. The van der Waals surface area contributed by atoms with Crippen LogP contribution in [0.2, 0.25) is 0 Å². The maximum atomic E-state index is 11.1. The van der Waals surface area contributed by atoms with E-state index in [0.717, 1.165) is 12.8 Å². The summed E-state index contributed by atoms with van der Waals surface area (Å²) in [5, 5.41) is 9.14. The van der Waals surface area contributed by atoms with E-state index in [1.54, 1.807) is 0 Å². The van der Waals surface area contributed by atoms with E-state index in [1.807, 2.05) is 19.0 Å². The summed E-state index contributed by atoms with van der Waals surface area (Å²) in [6, 6.07) is -0.314. The second-order valence-corrected chi connectivity index (χ2v) is 8.26. The second-order valence-electron chi connectivity index (χ2n) is 8.26. The zero-order valence-corrected chi connectivity index (χ0v) is 18.1. The number of aliphatic carboxylic acids is 1. The van der Waals surface area contributed by atoms with Crippen LogP contribution in [0.4, 0.5) is 0 Å². The third-order valence-corrected chi connectivity index (χ3v) is 5.49. The lowest BCUT2D eigenvalue weighted by atomic mass is 10.0. The van der Waals surface area contributed by atoms with Crippen LogP contribution in [0.1, 0.15) is 122 Å². The normalized spacial score (nSPS) is 12.6. The Morgan fingerprint density at radius 2 is 0.962 bits per heavy atom. The van der Waals surface area contributed by atoms with Gasteiger partial charge in [-0.05, 0) is 20.5 Å². The highest BCUT2D eigenvalue weighted by Gasteiger charge is 2.18. The standard InChI is InChI=1S/C23H47NO2/c1-4-5-6-7-8-9-10-11-12-13-14-15-16-17-18-19-20-21-22(23(25)26)24(2)3/h22H,4-21H2,1-3H3,(H,25,26). The van der Waals surface area contributed by atoms with Gasteiger partial charge < -0.3 is 5.11 Å². The van der Waals surface area contributed by atoms with Crippen molar-refractivity contribution in [2.24, 2.45) is 0 Å². The highest BCUT2D eigenvalue weighted by Crippen LogP contribution is 2.15. The SMILES string of the molecule is CCCCCCCCCCCCCCCCCCCC(C(=O)O)N(C)C. The minimum Gasteiger partial charge on any atom is -0.480 e. The van der Waals surface area contributed by atoms with Gasteiger partial charge in [-0.3, -0.25) is 9.69 Å². The Kier molecular flexibility index (Phi) is 18.8. The summed E-state index contributed by atoms with van der Waals surface area (Å²) in [6.45, 7) is 2.28. The molecule has 0 radical (unpaired) electrons. The first-order valence-corrected chi connectivity index (χ1v) is 11.5. The quantitative estimate of drug-likeness (QED) is 0.234. The monoisotopic (exact) mass is 369 g/mol. The fourth-order valence-corrected chi connectivity index (χ4v) is 3.67.